The van der Waals surface area contributed by atoms with E-state index in [0.29, 0.717) is 6.04 Å². The molecular weight excluding hydrogens is 292 g/mol. The minimum absolute atomic E-state index is 0.0560. The summed E-state index contributed by atoms with van der Waals surface area (Å²) in [5.41, 5.74) is 4.01. The van der Waals surface area contributed by atoms with Crippen molar-refractivity contribution in [2.24, 2.45) is 0 Å². The number of aryl methyl sites for hydroxylation is 1. The Balaban J connectivity index is 1.73. The van der Waals surface area contributed by atoms with E-state index in [0.717, 1.165) is 25.1 Å². The Hall–Kier alpha value is -1.20. The molecule has 0 radical (unpaired) electrons. The van der Waals surface area contributed by atoms with Crippen LogP contribution in [0, 0.1) is 0 Å². The normalized spacial score (nSPS) is 18.5. The lowest BCUT2D eigenvalue weighted by atomic mass is 9.92. The molecule has 4 nitrogen and oxygen atoms in total. The fourth-order valence-corrected chi connectivity index (χ4v) is 3.91. The molecular formula is C17H26N4S. The first-order valence-electron chi connectivity index (χ1n) is 8.23. The highest BCUT2D eigenvalue weighted by atomic mass is 32.1. The van der Waals surface area contributed by atoms with Gasteiger partial charge in [-0.05, 0) is 46.5 Å². The van der Waals surface area contributed by atoms with E-state index in [-0.39, 0.29) is 5.54 Å². The third-order valence-electron chi connectivity index (χ3n) is 4.25. The SMILES string of the molecule is CCc1nc(CN[C@H]2CCCc3c2cnn3C(C)(C)C)cs1. The molecule has 2 heterocycles. The van der Waals surface area contributed by atoms with Crippen LogP contribution in [0.15, 0.2) is 11.6 Å². The number of fused-ring (bicyclic) bond motifs is 1. The molecule has 3 rings (SSSR count). The lowest BCUT2D eigenvalue weighted by molar-refractivity contribution is 0.334. The molecule has 120 valence electrons. The molecule has 0 bridgehead atoms. The lowest BCUT2D eigenvalue weighted by Gasteiger charge is -2.28. The molecule has 0 aromatic carbocycles. The highest BCUT2D eigenvalue weighted by Gasteiger charge is 2.27. The van der Waals surface area contributed by atoms with Gasteiger partial charge in [-0.25, -0.2) is 4.98 Å². The Morgan fingerprint density at radius 3 is 2.91 bits per heavy atom. The summed E-state index contributed by atoms with van der Waals surface area (Å²) in [5.74, 6) is 0. The van der Waals surface area contributed by atoms with Crippen LogP contribution in [0.25, 0.3) is 0 Å². The summed E-state index contributed by atoms with van der Waals surface area (Å²) in [6, 6.07) is 0.409. The van der Waals surface area contributed by atoms with Gasteiger partial charge < -0.3 is 5.32 Å². The van der Waals surface area contributed by atoms with Crippen LogP contribution in [0.4, 0.5) is 0 Å². The van der Waals surface area contributed by atoms with Gasteiger partial charge in [0.05, 0.1) is 22.4 Å². The molecule has 0 fully saturated rings. The number of hydrogen-bond donors (Lipinski definition) is 1. The zero-order valence-electron chi connectivity index (χ0n) is 14.0. The van der Waals surface area contributed by atoms with E-state index in [4.69, 9.17) is 0 Å². The maximum absolute atomic E-state index is 4.65. The molecule has 22 heavy (non-hydrogen) atoms. The Labute approximate surface area is 137 Å². The molecule has 0 amide bonds. The summed E-state index contributed by atoms with van der Waals surface area (Å²) >= 11 is 1.76. The zero-order chi connectivity index (χ0) is 15.7. The Bertz CT molecular complexity index is 635. The van der Waals surface area contributed by atoms with Crippen molar-refractivity contribution in [3.8, 4) is 0 Å². The van der Waals surface area contributed by atoms with Crippen molar-refractivity contribution in [2.45, 2.75) is 71.5 Å². The molecule has 0 aliphatic heterocycles. The Morgan fingerprint density at radius 1 is 1.41 bits per heavy atom. The molecule has 1 aliphatic carbocycles. The van der Waals surface area contributed by atoms with Crippen LogP contribution in [0.5, 0.6) is 0 Å². The van der Waals surface area contributed by atoms with Crippen LogP contribution < -0.4 is 5.32 Å². The second kappa shape index (κ2) is 6.13. The van der Waals surface area contributed by atoms with Gasteiger partial charge in [-0.3, -0.25) is 4.68 Å². The minimum atomic E-state index is 0.0560. The summed E-state index contributed by atoms with van der Waals surface area (Å²) in [6.07, 6.45) is 6.64. The number of nitrogens with one attached hydrogen (secondary N) is 1. The number of nitrogens with zero attached hydrogens (tertiary/aromatic N) is 3. The average Bonchev–Trinajstić information content (AvgIpc) is 3.11. The standard InChI is InChI=1S/C17H26N4S/c1-5-16-20-12(11-22-16)9-18-14-7-6-8-15-13(14)10-19-21(15)17(2,3)4/h10-11,14,18H,5-9H2,1-4H3/t14-/m0/s1. The fourth-order valence-electron chi connectivity index (χ4n) is 3.17. The van der Waals surface area contributed by atoms with Crippen LogP contribution in [0.3, 0.4) is 0 Å². The van der Waals surface area contributed by atoms with Gasteiger partial charge in [-0.15, -0.1) is 11.3 Å². The van der Waals surface area contributed by atoms with E-state index in [2.05, 4.69) is 59.4 Å². The van der Waals surface area contributed by atoms with Gasteiger partial charge in [0.15, 0.2) is 0 Å². The maximum atomic E-state index is 4.65. The van der Waals surface area contributed by atoms with Crippen molar-refractivity contribution in [1.29, 1.82) is 0 Å². The van der Waals surface area contributed by atoms with Gasteiger partial charge in [0, 0.05) is 29.2 Å². The molecule has 2 aromatic heterocycles. The predicted octanol–water partition coefficient (Wildman–Crippen LogP) is 3.82. The lowest BCUT2D eigenvalue weighted by Crippen LogP contribution is -2.29. The smallest absolute Gasteiger partial charge is 0.0926 e. The van der Waals surface area contributed by atoms with Crippen molar-refractivity contribution in [1.82, 2.24) is 20.1 Å². The summed E-state index contributed by atoms with van der Waals surface area (Å²) in [5, 5.41) is 11.7. The van der Waals surface area contributed by atoms with Gasteiger partial charge in [-0.1, -0.05) is 6.92 Å². The van der Waals surface area contributed by atoms with Crippen LogP contribution in [0.1, 0.15) is 68.5 Å². The second-order valence-corrected chi connectivity index (χ2v) is 7.98. The summed E-state index contributed by atoms with van der Waals surface area (Å²) in [7, 11) is 0. The first-order valence-corrected chi connectivity index (χ1v) is 9.11. The second-order valence-electron chi connectivity index (χ2n) is 7.04. The van der Waals surface area contributed by atoms with Gasteiger partial charge in [-0.2, -0.15) is 5.10 Å². The van der Waals surface area contributed by atoms with Crippen molar-refractivity contribution in [2.75, 3.05) is 0 Å². The molecule has 1 atom stereocenters. The molecule has 0 saturated heterocycles. The van der Waals surface area contributed by atoms with Crippen LogP contribution in [-0.4, -0.2) is 14.8 Å². The average molecular weight is 318 g/mol. The van der Waals surface area contributed by atoms with Gasteiger partial charge in [0.1, 0.15) is 0 Å². The zero-order valence-corrected chi connectivity index (χ0v) is 14.8. The van der Waals surface area contributed by atoms with Gasteiger partial charge in [0.2, 0.25) is 0 Å². The first kappa shape index (κ1) is 15.7. The van der Waals surface area contributed by atoms with Crippen LogP contribution >= 0.6 is 11.3 Å². The van der Waals surface area contributed by atoms with E-state index < -0.39 is 0 Å². The number of rotatable bonds is 4. The highest BCUT2D eigenvalue weighted by Crippen LogP contribution is 2.32. The third kappa shape index (κ3) is 3.10. The number of hydrogen-bond acceptors (Lipinski definition) is 4. The van der Waals surface area contributed by atoms with Gasteiger partial charge in [0.25, 0.3) is 0 Å². The molecule has 5 heteroatoms. The van der Waals surface area contributed by atoms with E-state index in [9.17, 15) is 0 Å². The van der Waals surface area contributed by atoms with Crippen molar-refractivity contribution in [3.05, 3.63) is 33.5 Å². The minimum Gasteiger partial charge on any atom is -0.304 e. The topological polar surface area (TPSA) is 42.7 Å². The van der Waals surface area contributed by atoms with E-state index >= 15 is 0 Å². The number of thiazole rings is 1. The quantitative estimate of drug-likeness (QED) is 0.932. The van der Waals surface area contributed by atoms with E-state index in [1.807, 2.05) is 0 Å². The van der Waals surface area contributed by atoms with Gasteiger partial charge >= 0.3 is 0 Å². The van der Waals surface area contributed by atoms with Crippen LogP contribution in [-0.2, 0) is 24.9 Å². The fraction of sp³-hybridized carbons (Fsp3) is 0.647. The molecule has 0 spiro atoms. The third-order valence-corrected chi connectivity index (χ3v) is 5.29. The Morgan fingerprint density at radius 2 is 2.23 bits per heavy atom. The first-order chi connectivity index (χ1) is 10.5. The van der Waals surface area contributed by atoms with Crippen LogP contribution in [0.2, 0.25) is 0 Å². The monoisotopic (exact) mass is 318 g/mol. The molecule has 1 aliphatic rings. The summed E-state index contributed by atoms with van der Waals surface area (Å²) < 4.78 is 2.20. The maximum Gasteiger partial charge on any atom is 0.0926 e. The van der Waals surface area contributed by atoms with Crippen molar-refractivity contribution in [3.63, 3.8) is 0 Å². The van der Waals surface area contributed by atoms with E-state index in [1.165, 1.54) is 29.1 Å². The largest absolute Gasteiger partial charge is 0.304 e. The van der Waals surface area contributed by atoms with Crippen molar-refractivity contribution < 1.29 is 0 Å². The van der Waals surface area contributed by atoms with Crippen molar-refractivity contribution >= 4 is 11.3 Å². The van der Waals surface area contributed by atoms with E-state index in [1.54, 1.807) is 11.3 Å². The molecule has 1 N–H and O–H groups in total. The highest BCUT2D eigenvalue weighted by molar-refractivity contribution is 7.09. The summed E-state index contributed by atoms with van der Waals surface area (Å²) in [4.78, 5) is 4.65. The Kier molecular flexibility index (Phi) is 4.37. The number of aromatic nitrogens is 3. The molecule has 0 unspecified atom stereocenters. The molecule has 2 aromatic rings. The predicted molar refractivity (Wildman–Crippen MR) is 91.2 cm³/mol. The molecule has 0 saturated carbocycles. The summed E-state index contributed by atoms with van der Waals surface area (Å²) in [6.45, 7) is 9.67.